The van der Waals surface area contributed by atoms with E-state index in [2.05, 4.69) is 6.92 Å². The lowest BCUT2D eigenvalue weighted by atomic mass is 9.95. The molecule has 0 aliphatic carbocycles. The van der Waals surface area contributed by atoms with Gasteiger partial charge in [0.15, 0.2) is 0 Å². The van der Waals surface area contributed by atoms with Crippen molar-refractivity contribution in [3.8, 4) is 0 Å². The van der Waals surface area contributed by atoms with E-state index in [0.717, 1.165) is 13.0 Å². The van der Waals surface area contributed by atoms with Crippen LogP contribution >= 0.6 is 0 Å². The summed E-state index contributed by atoms with van der Waals surface area (Å²) in [6.45, 7) is 9.94. The average molecular weight is 201 g/mol. The SMILES string of the molecule is CCCOCCN(C)C(=O)C(C)(C)C. The highest BCUT2D eigenvalue weighted by atomic mass is 16.5. The van der Waals surface area contributed by atoms with Crippen LogP contribution in [0.4, 0.5) is 0 Å². The zero-order valence-corrected chi connectivity index (χ0v) is 10.1. The van der Waals surface area contributed by atoms with Gasteiger partial charge >= 0.3 is 0 Å². The summed E-state index contributed by atoms with van der Waals surface area (Å²) in [5, 5.41) is 0. The van der Waals surface area contributed by atoms with Gasteiger partial charge in [-0.25, -0.2) is 0 Å². The Morgan fingerprint density at radius 2 is 1.86 bits per heavy atom. The second-order valence-electron chi connectivity index (χ2n) is 4.59. The molecule has 0 fully saturated rings. The number of ether oxygens (including phenoxy) is 1. The molecule has 0 aromatic carbocycles. The van der Waals surface area contributed by atoms with Crippen molar-refractivity contribution in [2.75, 3.05) is 26.8 Å². The summed E-state index contributed by atoms with van der Waals surface area (Å²) in [6, 6.07) is 0. The molecule has 0 aliphatic rings. The van der Waals surface area contributed by atoms with Gasteiger partial charge in [-0.15, -0.1) is 0 Å². The number of hydrogen-bond donors (Lipinski definition) is 0. The topological polar surface area (TPSA) is 29.5 Å². The number of likely N-dealkylation sites (N-methyl/N-ethyl adjacent to an activating group) is 1. The zero-order valence-electron chi connectivity index (χ0n) is 10.1. The molecule has 0 N–H and O–H groups in total. The zero-order chi connectivity index (χ0) is 11.2. The fourth-order valence-electron chi connectivity index (χ4n) is 1.12. The van der Waals surface area contributed by atoms with Gasteiger partial charge in [-0.1, -0.05) is 27.7 Å². The van der Waals surface area contributed by atoms with E-state index in [9.17, 15) is 4.79 Å². The molecule has 0 saturated carbocycles. The predicted molar refractivity (Wildman–Crippen MR) is 58.2 cm³/mol. The van der Waals surface area contributed by atoms with Crippen LogP contribution in [-0.4, -0.2) is 37.6 Å². The Morgan fingerprint density at radius 1 is 1.29 bits per heavy atom. The van der Waals surface area contributed by atoms with Crippen molar-refractivity contribution in [1.29, 1.82) is 0 Å². The molecule has 84 valence electrons. The molecule has 0 heterocycles. The molecule has 3 nitrogen and oxygen atoms in total. The Bertz CT molecular complexity index is 173. The third kappa shape index (κ3) is 5.22. The van der Waals surface area contributed by atoms with Crippen LogP contribution in [-0.2, 0) is 9.53 Å². The standard InChI is InChI=1S/C11H23NO2/c1-6-8-14-9-7-12(5)10(13)11(2,3)4/h6-9H2,1-5H3. The van der Waals surface area contributed by atoms with E-state index in [1.54, 1.807) is 4.90 Å². The predicted octanol–water partition coefficient (Wildman–Crippen LogP) is 1.92. The molecular formula is C11H23NO2. The summed E-state index contributed by atoms with van der Waals surface area (Å²) in [5.41, 5.74) is -0.292. The summed E-state index contributed by atoms with van der Waals surface area (Å²) < 4.78 is 5.32. The maximum Gasteiger partial charge on any atom is 0.227 e. The van der Waals surface area contributed by atoms with Gasteiger partial charge < -0.3 is 9.64 Å². The Hall–Kier alpha value is -0.570. The van der Waals surface area contributed by atoms with E-state index in [-0.39, 0.29) is 11.3 Å². The van der Waals surface area contributed by atoms with E-state index in [1.165, 1.54) is 0 Å². The van der Waals surface area contributed by atoms with E-state index >= 15 is 0 Å². The Kier molecular flexibility index (Phi) is 5.77. The summed E-state index contributed by atoms with van der Waals surface area (Å²) in [7, 11) is 1.82. The normalized spacial score (nSPS) is 11.5. The maximum atomic E-state index is 11.7. The van der Waals surface area contributed by atoms with Gasteiger partial charge in [0.2, 0.25) is 5.91 Å². The molecule has 0 unspecified atom stereocenters. The number of carbonyl (C=O) groups excluding carboxylic acids is 1. The van der Waals surface area contributed by atoms with Crippen LogP contribution in [0.2, 0.25) is 0 Å². The Balaban J connectivity index is 3.74. The second kappa shape index (κ2) is 6.02. The van der Waals surface area contributed by atoms with Crippen LogP contribution in [0.3, 0.4) is 0 Å². The highest BCUT2D eigenvalue weighted by Gasteiger charge is 2.24. The van der Waals surface area contributed by atoms with E-state index in [0.29, 0.717) is 13.2 Å². The van der Waals surface area contributed by atoms with Crippen molar-refractivity contribution in [1.82, 2.24) is 4.90 Å². The quantitative estimate of drug-likeness (QED) is 0.636. The second-order valence-corrected chi connectivity index (χ2v) is 4.59. The Morgan fingerprint density at radius 3 is 2.29 bits per heavy atom. The van der Waals surface area contributed by atoms with Gasteiger partial charge in [-0.2, -0.15) is 0 Å². The summed E-state index contributed by atoms with van der Waals surface area (Å²) in [4.78, 5) is 13.4. The van der Waals surface area contributed by atoms with Crippen molar-refractivity contribution in [3.05, 3.63) is 0 Å². The maximum absolute atomic E-state index is 11.7. The van der Waals surface area contributed by atoms with Crippen molar-refractivity contribution < 1.29 is 9.53 Å². The smallest absolute Gasteiger partial charge is 0.227 e. The molecule has 0 bridgehead atoms. The number of amides is 1. The molecule has 0 aliphatic heterocycles. The third-order valence-electron chi connectivity index (χ3n) is 1.91. The van der Waals surface area contributed by atoms with E-state index in [4.69, 9.17) is 4.74 Å². The van der Waals surface area contributed by atoms with Crippen molar-refractivity contribution >= 4 is 5.91 Å². The highest BCUT2D eigenvalue weighted by molar-refractivity contribution is 5.81. The highest BCUT2D eigenvalue weighted by Crippen LogP contribution is 2.15. The minimum atomic E-state index is -0.292. The molecule has 0 radical (unpaired) electrons. The first-order valence-electron chi connectivity index (χ1n) is 5.23. The fourth-order valence-corrected chi connectivity index (χ4v) is 1.12. The largest absolute Gasteiger partial charge is 0.380 e. The molecule has 0 rings (SSSR count). The molecule has 0 saturated heterocycles. The first-order chi connectivity index (χ1) is 6.39. The molecule has 0 atom stereocenters. The van der Waals surface area contributed by atoms with Crippen molar-refractivity contribution in [3.63, 3.8) is 0 Å². The number of hydrogen-bond acceptors (Lipinski definition) is 2. The summed E-state index contributed by atoms with van der Waals surface area (Å²) >= 11 is 0. The molecule has 0 spiro atoms. The van der Waals surface area contributed by atoms with Crippen LogP contribution in [0.5, 0.6) is 0 Å². The molecule has 1 amide bonds. The molecular weight excluding hydrogens is 178 g/mol. The van der Waals surface area contributed by atoms with E-state index in [1.807, 2.05) is 27.8 Å². The lowest BCUT2D eigenvalue weighted by molar-refractivity contribution is -0.138. The van der Waals surface area contributed by atoms with Crippen LogP contribution in [0.15, 0.2) is 0 Å². The lowest BCUT2D eigenvalue weighted by Gasteiger charge is -2.25. The van der Waals surface area contributed by atoms with Gasteiger partial charge in [0.05, 0.1) is 6.61 Å². The molecule has 14 heavy (non-hydrogen) atoms. The van der Waals surface area contributed by atoms with Crippen molar-refractivity contribution in [2.24, 2.45) is 5.41 Å². The number of nitrogens with zero attached hydrogens (tertiary/aromatic N) is 1. The lowest BCUT2D eigenvalue weighted by Crippen LogP contribution is -2.38. The van der Waals surface area contributed by atoms with Crippen LogP contribution in [0, 0.1) is 5.41 Å². The molecule has 0 aromatic heterocycles. The van der Waals surface area contributed by atoms with Crippen LogP contribution in [0.25, 0.3) is 0 Å². The van der Waals surface area contributed by atoms with Crippen molar-refractivity contribution in [2.45, 2.75) is 34.1 Å². The average Bonchev–Trinajstić information content (AvgIpc) is 2.09. The number of rotatable bonds is 5. The minimum absolute atomic E-state index is 0.164. The first kappa shape index (κ1) is 13.4. The summed E-state index contributed by atoms with van der Waals surface area (Å²) in [5.74, 6) is 0.164. The summed E-state index contributed by atoms with van der Waals surface area (Å²) in [6.07, 6.45) is 1.02. The van der Waals surface area contributed by atoms with Gasteiger partial charge in [0, 0.05) is 25.6 Å². The van der Waals surface area contributed by atoms with Gasteiger partial charge in [-0.3, -0.25) is 4.79 Å². The van der Waals surface area contributed by atoms with Gasteiger partial charge in [0.25, 0.3) is 0 Å². The van der Waals surface area contributed by atoms with E-state index < -0.39 is 0 Å². The first-order valence-corrected chi connectivity index (χ1v) is 5.23. The fraction of sp³-hybridized carbons (Fsp3) is 0.909. The van der Waals surface area contributed by atoms with Gasteiger partial charge in [0.1, 0.15) is 0 Å². The van der Waals surface area contributed by atoms with Gasteiger partial charge in [-0.05, 0) is 6.42 Å². The molecule has 0 aromatic rings. The minimum Gasteiger partial charge on any atom is -0.380 e. The Labute approximate surface area is 87.4 Å². The third-order valence-corrected chi connectivity index (χ3v) is 1.91. The number of carbonyl (C=O) groups is 1. The van der Waals surface area contributed by atoms with Crippen LogP contribution < -0.4 is 0 Å². The monoisotopic (exact) mass is 201 g/mol. The van der Waals surface area contributed by atoms with Crippen LogP contribution in [0.1, 0.15) is 34.1 Å². The molecule has 3 heteroatoms.